The summed E-state index contributed by atoms with van der Waals surface area (Å²) in [6, 6.07) is 3.25. The SMILES string of the molecule is CCC1CCC(C)N1c1ncc(N)cc1C. The van der Waals surface area contributed by atoms with Gasteiger partial charge in [-0.25, -0.2) is 4.98 Å². The Morgan fingerprint density at radius 3 is 2.88 bits per heavy atom. The largest absolute Gasteiger partial charge is 0.397 e. The Morgan fingerprint density at radius 2 is 2.25 bits per heavy atom. The van der Waals surface area contributed by atoms with Crippen molar-refractivity contribution in [3.63, 3.8) is 0 Å². The quantitative estimate of drug-likeness (QED) is 0.831. The van der Waals surface area contributed by atoms with Crippen molar-refractivity contribution in [1.82, 2.24) is 4.98 Å². The first kappa shape index (κ1) is 11.2. The fourth-order valence-corrected chi connectivity index (χ4v) is 2.71. The minimum Gasteiger partial charge on any atom is -0.397 e. The average Bonchev–Trinajstić information content (AvgIpc) is 2.60. The number of nitrogen functional groups attached to an aromatic ring is 1. The lowest BCUT2D eigenvalue weighted by Gasteiger charge is -2.30. The lowest BCUT2D eigenvalue weighted by atomic mass is 10.1. The highest BCUT2D eigenvalue weighted by Crippen LogP contribution is 2.32. The van der Waals surface area contributed by atoms with Crippen molar-refractivity contribution in [2.75, 3.05) is 10.6 Å². The Balaban J connectivity index is 2.34. The Labute approximate surface area is 97.7 Å². The second-order valence-electron chi connectivity index (χ2n) is 4.80. The fourth-order valence-electron chi connectivity index (χ4n) is 2.71. The number of hydrogen-bond donors (Lipinski definition) is 1. The lowest BCUT2D eigenvalue weighted by Crippen LogP contribution is -2.35. The summed E-state index contributed by atoms with van der Waals surface area (Å²) in [4.78, 5) is 6.98. The normalized spacial score (nSPS) is 25.1. The molecule has 3 nitrogen and oxygen atoms in total. The predicted octanol–water partition coefficient (Wildman–Crippen LogP) is 2.74. The van der Waals surface area contributed by atoms with Gasteiger partial charge in [0.05, 0.1) is 11.9 Å². The van der Waals surface area contributed by atoms with E-state index in [-0.39, 0.29) is 0 Å². The molecule has 1 saturated heterocycles. The molecule has 0 saturated carbocycles. The molecule has 1 aromatic rings. The standard InChI is InChI=1S/C13H21N3/c1-4-12-6-5-10(3)16(12)13-9(2)7-11(14)8-15-13/h7-8,10,12H,4-6,14H2,1-3H3. The van der Waals surface area contributed by atoms with E-state index >= 15 is 0 Å². The van der Waals surface area contributed by atoms with Gasteiger partial charge in [-0.05, 0) is 44.7 Å². The van der Waals surface area contributed by atoms with Crippen LogP contribution in [0.2, 0.25) is 0 Å². The van der Waals surface area contributed by atoms with E-state index in [2.05, 4.69) is 30.7 Å². The monoisotopic (exact) mass is 219 g/mol. The van der Waals surface area contributed by atoms with E-state index < -0.39 is 0 Å². The number of nitrogens with two attached hydrogens (primary N) is 1. The van der Waals surface area contributed by atoms with Gasteiger partial charge >= 0.3 is 0 Å². The molecular weight excluding hydrogens is 198 g/mol. The zero-order chi connectivity index (χ0) is 11.7. The number of nitrogens with zero attached hydrogens (tertiary/aromatic N) is 2. The molecule has 0 radical (unpaired) electrons. The van der Waals surface area contributed by atoms with Crippen LogP contribution in [0, 0.1) is 6.92 Å². The number of aryl methyl sites for hydroxylation is 1. The number of pyridine rings is 1. The first-order valence-electron chi connectivity index (χ1n) is 6.14. The summed E-state index contributed by atoms with van der Waals surface area (Å²) >= 11 is 0. The molecule has 1 aliphatic rings. The molecule has 0 amide bonds. The molecular formula is C13H21N3. The van der Waals surface area contributed by atoms with Gasteiger partial charge in [0.25, 0.3) is 0 Å². The number of rotatable bonds is 2. The van der Waals surface area contributed by atoms with Crippen molar-refractivity contribution >= 4 is 11.5 Å². The predicted molar refractivity (Wildman–Crippen MR) is 68.6 cm³/mol. The molecule has 0 aromatic carbocycles. The summed E-state index contributed by atoms with van der Waals surface area (Å²) in [5, 5.41) is 0. The Kier molecular flexibility index (Phi) is 3.03. The number of hydrogen-bond acceptors (Lipinski definition) is 3. The smallest absolute Gasteiger partial charge is 0.132 e. The molecule has 1 fully saturated rings. The van der Waals surface area contributed by atoms with Crippen LogP contribution < -0.4 is 10.6 Å². The summed E-state index contributed by atoms with van der Waals surface area (Å²) in [7, 11) is 0. The molecule has 1 aromatic heterocycles. The van der Waals surface area contributed by atoms with Gasteiger partial charge in [-0.3, -0.25) is 0 Å². The highest BCUT2D eigenvalue weighted by Gasteiger charge is 2.30. The summed E-state index contributed by atoms with van der Waals surface area (Å²) in [5.74, 6) is 1.12. The fraction of sp³-hybridized carbons (Fsp3) is 0.615. The van der Waals surface area contributed by atoms with Gasteiger partial charge in [0.1, 0.15) is 5.82 Å². The maximum Gasteiger partial charge on any atom is 0.132 e. The average molecular weight is 219 g/mol. The zero-order valence-corrected chi connectivity index (χ0v) is 10.4. The van der Waals surface area contributed by atoms with E-state index in [1.54, 1.807) is 6.20 Å². The molecule has 2 heterocycles. The van der Waals surface area contributed by atoms with Gasteiger partial charge in [0.15, 0.2) is 0 Å². The maximum absolute atomic E-state index is 5.75. The molecule has 16 heavy (non-hydrogen) atoms. The summed E-state index contributed by atoms with van der Waals surface area (Å²) in [6.45, 7) is 6.63. The van der Waals surface area contributed by atoms with E-state index in [1.165, 1.54) is 24.8 Å². The first-order chi connectivity index (χ1) is 7.63. The molecule has 2 N–H and O–H groups in total. The summed E-state index contributed by atoms with van der Waals surface area (Å²) in [6.07, 6.45) is 5.50. The lowest BCUT2D eigenvalue weighted by molar-refractivity contribution is 0.619. The van der Waals surface area contributed by atoms with Gasteiger partial charge in [-0.15, -0.1) is 0 Å². The van der Waals surface area contributed by atoms with Crippen molar-refractivity contribution in [1.29, 1.82) is 0 Å². The molecule has 1 aliphatic heterocycles. The van der Waals surface area contributed by atoms with Crippen LogP contribution in [0.25, 0.3) is 0 Å². The Bertz CT molecular complexity index is 375. The molecule has 88 valence electrons. The van der Waals surface area contributed by atoms with Gasteiger partial charge in [0, 0.05) is 12.1 Å². The summed E-state index contributed by atoms with van der Waals surface area (Å²) < 4.78 is 0. The Morgan fingerprint density at radius 1 is 1.50 bits per heavy atom. The van der Waals surface area contributed by atoms with Crippen LogP contribution in [0.5, 0.6) is 0 Å². The van der Waals surface area contributed by atoms with E-state index in [0.29, 0.717) is 12.1 Å². The van der Waals surface area contributed by atoms with Gasteiger partial charge < -0.3 is 10.6 Å². The van der Waals surface area contributed by atoms with Crippen LogP contribution in [0.15, 0.2) is 12.3 Å². The second kappa shape index (κ2) is 4.32. The molecule has 2 atom stereocenters. The second-order valence-corrected chi connectivity index (χ2v) is 4.80. The topological polar surface area (TPSA) is 42.2 Å². The van der Waals surface area contributed by atoms with Crippen LogP contribution in [0.1, 0.15) is 38.7 Å². The van der Waals surface area contributed by atoms with Gasteiger partial charge in [-0.1, -0.05) is 6.92 Å². The summed E-state index contributed by atoms with van der Waals surface area (Å²) in [5.41, 5.74) is 7.69. The highest BCUT2D eigenvalue weighted by molar-refractivity contribution is 5.54. The van der Waals surface area contributed by atoms with E-state index in [9.17, 15) is 0 Å². The minimum absolute atomic E-state index is 0.597. The van der Waals surface area contributed by atoms with Crippen LogP contribution in [-0.4, -0.2) is 17.1 Å². The van der Waals surface area contributed by atoms with Crippen molar-refractivity contribution in [2.24, 2.45) is 0 Å². The first-order valence-corrected chi connectivity index (χ1v) is 6.14. The number of aromatic nitrogens is 1. The van der Waals surface area contributed by atoms with E-state index in [1.807, 2.05) is 6.07 Å². The molecule has 0 bridgehead atoms. The van der Waals surface area contributed by atoms with Gasteiger partial charge in [-0.2, -0.15) is 0 Å². The third kappa shape index (κ3) is 1.86. The third-order valence-corrected chi connectivity index (χ3v) is 3.57. The van der Waals surface area contributed by atoms with Crippen molar-refractivity contribution in [2.45, 2.75) is 52.1 Å². The molecule has 2 unspecified atom stereocenters. The maximum atomic E-state index is 5.75. The van der Waals surface area contributed by atoms with Crippen molar-refractivity contribution in [3.8, 4) is 0 Å². The number of anilines is 2. The molecule has 0 spiro atoms. The van der Waals surface area contributed by atoms with Crippen molar-refractivity contribution in [3.05, 3.63) is 17.8 Å². The molecule has 2 rings (SSSR count). The van der Waals surface area contributed by atoms with E-state index in [4.69, 9.17) is 5.73 Å². The minimum atomic E-state index is 0.597. The van der Waals surface area contributed by atoms with Gasteiger partial charge in [0.2, 0.25) is 0 Å². The van der Waals surface area contributed by atoms with Crippen LogP contribution in [0.4, 0.5) is 11.5 Å². The Hall–Kier alpha value is -1.25. The molecule has 0 aliphatic carbocycles. The molecule has 3 heteroatoms. The zero-order valence-electron chi connectivity index (χ0n) is 10.4. The third-order valence-electron chi connectivity index (χ3n) is 3.57. The highest BCUT2D eigenvalue weighted by atomic mass is 15.3. The van der Waals surface area contributed by atoms with E-state index in [0.717, 1.165) is 11.5 Å². The van der Waals surface area contributed by atoms with Crippen LogP contribution in [0.3, 0.4) is 0 Å². The van der Waals surface area contributed by atoms with Crippen LogP contribution in [-0.2, 0) is 0 Å². The van der Waals surface area contributed by atoms with Crippen molar-refractivity contribution < 1.29 is 0 Å². The van der Waals surface area contributed by atoms with Crippen LogP contribution >= 0.6 is 0 Å².